The number of carbonyl (C=O) groups excluding carboxylic acids is 1. The molecule has 0 aliphatic carbocycles. The molecule has 0 radical (unpaired) electrons. The van der Waals surface area contributed by atoms with Gasteiger partial charge in [-0.3, -0.25) is 4.79 Å². The molecule has 2 rings (SSSR count). The van der Waals surface area contributed by atoms with E-state index in [0.717, 1.165) is 11.1 Å². The van der Waals surface area contributed by atoms with Gasteiger partial charge < -0.3 is 15.7 Å². The Labute approximate surface area is 88.3 Å². The zero-order valence-corrected chi connectivity index (χ0v) is 8.39. The van der Waals surface area contributed by atoms with Crippen molar-refractivity contribution < 1.29 is 9.90 Å². The second-order valence-electron chi connectivity index (χ2n) is 3.75. The van der Waals surface area contributed by atoms with Crippen LogP contribution in [0, 0.1) is 0 Å². The lowest BCUT2D eigenvalue weighted by molar-refractivity contribution is -0.134. The first-order chi connectivity index (χ1) is 7.22. The van der Waals surface area contributed by atoms with Gasteiger partial charge in [-0.15, -0.1) is 0 Å². The first-order valence-corrected chi connectivity index (χ1v) is 4.94. The summed E-state index contributed by atoms with van der Waals surface area (Å²) in [5, 5.41) is 8.81. The minimum atomic E-state index is -0.792. The molecule has 1 aliphatic heterocycles. The van der Waals surface area contributed by atoms with Crippen molar-refractivity contribution in [3.8, 4) is 0 Å². The highest BCUT2D eigenvalue weighted by atomic mass is 16.3. The van der Waals surface area contributed by atoms with Gasteiger partial charge in [0.25, 0.3) is 0 Å². The van der Waals surface area contributed by atoms with Gasteiger partial charge in [-0.25, -0.2) is 0 Å². The molecule has 0 saturated carbocycles. The van der Waals surface area contributed by atoms with Crippen molar-refractivity contribution in [1.29, 1.82) is 0 Å². The van der Waals surface area contributed by atoms with Crippen LogP contribution < -0.4 is 5.73 Å². The molecule has 0 spiro atoms. The highest BCUT2D eigenvalue weighted by Crippen LogP contribution is 2.22. The van der Waals surface area contributed by atoms with Crippen molar-refractivity contribution in [2.75, 3.05) is 6.61 Å². The van der Waals surface area contributed by atoms with Gasteiger partial charge in [0.2, 0.25) is 5.91 Å². The number of fused-ring (bicyclic) bond motifs is 1. The van der Waals surface area contributed by atoms with Crippen LogP contribution in [-0.2, 0) is 17.9 Å². The number of carbonyl (C=O) groups is 1. The average Bonchev–Trinajstić information content (AvgIpc) is 2.70. The van der Waals surface area contributed by atoms with E-state index in [4.69, 9.17) is 10.8 Å². The Hall–Kier alpha value is -1.39. The van der Waals surface area contributed by atoms with E-state index < -0.39 is 6.04 Å². The van der Waals surface area contributed by atoms with Crippen LogP contribution in [0.1, 0.15) is 11.1 Å². The molecule has 80 valence electrons. The third kappa shape index (κ3) is 1.86. The summed E-state index contributed by atoms with van der Waals surface area (Å²) in [6.45, 7) is 0.900. The van der Waals surface area contributed by atoms with Crippen LogP contribution in [0.2, 0.25) is 0 Å². The second kappa shape index (κ2) is 4.00. The number of aliphatic hydroxyl groups excluding tert-OH is 1. The number of benzene rings is 1. The van der Waals surface area contributed by atoms with Gasteiger partial charge in [0.05, 0.1) is 6.61 Å². The van der Waals surface area contributed by atoms with E-state index in [1.54, 1.807) is 4.90 Å². The molecule has 1 aromatic rings. The van der Waals surface area contributed by atoms with E-state index >= 15 is 0 Å². The normalized spacial score (nSPS) is 16.3. The zero-order chi connectivity index (χ0) is 10.8. The maximum atomic E-state index is 11.7. The Morgan fingerprint density at radius 1 is 1.40 bits per heavy atom. The quantitative estimate of drug-likeness (QED) is 0.707. The Morgan fingerprint density at radius 2 is 1.93 bits per heavy atom. The van der Waals surface area contributed by atoms with Crippen molar-refractivity contribution in [2.24, 2.45) is 5.73 Å². The van der Waals surface area contributed by atoms with E-state index in [2.05, 4.69) is 0 Å². The summed E-state index contributed by atoms with van der Waals surface area (Å²) in [6, 6.07) is 7.14. The number of nitrogens with two attached hydrogens (primary N) is 1. The number of hydrogen-bond donors (Lipinski definition) is 2. The van der Waals surface area contributed by atoms with Crippen LogP contribution in [0.5, 0.6) is 0 Å². The fraction of sp³-hybridized carbons (Fsp3) is 0.364. The van der Waals surface area contributed by atoms with E-state index in [1.807, 2.05) is 24.3 Å². The minimum Gasteiger partial charge on any atom is -0.394 e. The van der Waals surface area contributed by atoms with Crippen LogP contribution in [0.4, 0.5) is 0 Å². The van der Waals surface area contributed by atoms with Gasteiger partial charge in [-0.1, -0.05) is 24.3 Å². The molecule has 1 aliphatic rings. The van der Waals surface area contributed by atoms with Gasteiger partial charge >= 0.3 is 0 Å². The van der Waals surface area contributed by atoms with E-state index in [9.17, 15) is 4.79 Å². The number of aliphatic hydroxyl groups is 1. The lowest BCUT2D eigenvalue weighted by Gasteiger charge is -2.18. The summed E-state index contributed by atoms with van der Waals surface area (Å²) in [6.07, 6.45) is 0. The summed E-state index contributed by atoms with van der Waals surface area (Å²) >= 11 is 0. The highest BCUT2D eigenvalue weighted by Gasteiger charge is 2.26. The summed E-state index contributed by atoms with van der Waals surface area (Å²) in [4.78, 5) is 13.4. The third-order valence-electron chi connectivity index (χ3n) is 2.67. The second-order valence-corrected chi connectivity index (χ2v) is 3.75. The van der Waals surface area contributed by atoms with Crippen LogP contribution in [0.3, 0.4) is 0 Å². The molecule has 3 N–H and O–H groups in total. The van der Waals surface area contributed by atoms with Crippen molar-refractivity contribution in [2.45, 2.75) is 19.1 Å². The molecule has 1 heterocycles. The van der Waals surface area contributed by atoms with Gasteiger partial charge in [-0.05, 0) is 11.1 Å². The van der Waals surface area contributed by atoms with Gasteiger partial charge in [0, 0.05) is 13.1 Å². The predicted octanol–water partition coefficient (Wildman–Crippen LogP) is -0.152. The smallest absolute Gasteiger partial charge is 0.242 e. The van der Waals surface area contributed by atoms with Crippen LogP contribution >= 0.6 is 0 Å². The van der Waals surface area contributed by atoms with Crippen molar-refractivity contribution in [3.63, 3.8) is 0 Å². The van der Waals surface area contributed by atoms with Crippen molar-refractivity contribution in [3.05, 3.63) is 35.4 Å². The topological polar surface area (TPSA) is 66.6 Å². The molecule has 1 atom stereocenters. The lowest BCUT2D eigenvalue weighted by atomic mass is 10.1. The molecule has 0 bridgehead atoms. The summed E-state index contributed by atoms with van der Waals surface area (Å²) < 4.78 is 0. The van der Waals surface area contributed by atoms with E-state index in [0.29, 0.717) is 13.1 Å². The van der Waals surface area contributed by atoms with Gasteiger partial charge in [0.1, 0.15) is 6.04 Å². The molecule has 4 heteroatoms. The monoisotopic (exact) mass is 206 g/mol. The Kier molecular flexibility index (Phi) is 2.70. The maximum absolute atomic E-state index is 11.7. The molecule has 0 aromatic heterocycles. The lowest BCUT2D eigenvalue weighted by Crippen LogP contribution is -2.43. The number of rotatable bonds is 2. The SMILES string of the molecule is NC(CO)C(=O)N1Cc2ccccc2C1. The molecular weight excluding hydrogens is 192 g/mol. The van der Waals surface area contributed by atoms with E-state index in [-0.39, 0.29) is 12.5 Å². The summed E-state index contributed by atoms with van der Waals surface area (Å²) in [7, 11) is 0. The molecule has 0 saturated heterocycles. The standard InChI is InChI=1S/C11H14N2O2/c12-10(7-14)11(15)13-5-8-3-1-2-4-9(8)6-13/h1-4,10,14H,5-7,12H2. The van der Waals surface area contributed by atoms with Crippen LogP contribution in [-0.4, -0.2) is 28.6 Å². The zero-order valence-electron chi connectivity index (χ0n) is 8.39. The number of hydrogen-bond acceptors (Lipinski definition) is 3. The van der Waals surface area contributed by atoms with Gasteiger partial charge in [-0.2, -0.15) is 0 Å². The van der Waals surface area contributed by atoms with Crippen molar-refractivity contribution in [1.82, 2.24) is 4.90 Å². The fourth-order valence-electron chi connectivity index (χ4n) is 1.80. The number of nitrogens with zero attached hydrogens (tertiary/aromatic N) is 1. The Morgan fingerprint density at radius 3 is 2.40 bits per heavy atom. The Bertz CT molecular complexity index is 354. The van der Waals surface area contributed by atoms with E-state index in [1.165, 1.54) is 0 Å². The first kappa shape index (κ1) is 10.1. The summed E-state index contributed by atoms with van der Waals surface area (Å²) in [5.74, 6) is -0.186. The molecule has 0 fully saturated rings. The summed E-state index contributed by atoms with van der Waals surface area (Å²) in [5.41, 5.74) is 7.82. The Balaban J connectivity index is 2.10. The molecule has 1 amide bonds. The fourth-order valence-corrected chi connectivity index (χ4v) is 1.80. The van der Waals surface area contributed by atoms with Crippen LogP contribution in [0.25, 0.3) is 0 Å². The van der Waals surface area contributed by atoms with Gasteiger partial charge in [0.15, 0.2) is 0 Å². The largest absolute Gasteiger partial charge is 0.394 e. The molecule has 4 nitrogen and oxygen atoms in total. The van der Waals surface area contributed by atoms with Crippen molar-refractivity contribution >= 4 is 5.91 Å². The highest BCUT2D eigenvalue weighted by molar-refractivity contribution is 5.82. The van der Waals surface area contributed by atoms with Crippen LogP contribution in [0.15, 0.2) is 24.3 Å². The average molecular weight is 206 g/mol. The molecule has 1 aromatic carbocycles. The predicted molar refractivity (Wildman–Crippen MR) is 55.8 cm³/mol. The first-order valence-electron chi connectivity index (χ1n) is 4.94. The minimum absolute atomic E-state index is 0.186. The molecule has 1 unspecified atom stereocenters. The molecular formula is C11H14N2O2. The third-order valence-corrected chi connectivity index (χ3v) is 2.67. The molecule has 15 heavy (non-hydrogen) atoms. The maximum Gasteiger partial charge on any atom is 0.242 e. The number of amides is 1.